The van der Waals surface area contributed by atoms with Gasteiger partial charge < -0.3 is 14.8 Å². The third kappa shape index (κ3) is 4.66. The number of nitrogens with one attached hydrogen (secondary N) is 1. The van der Waals surface area contributed by atoms with Crippen molar-refractivity contribution in [1.29, 1.82) is 0 Å². The van der Waals surface area contributed by atoms with Crippen LogP contribution >= 0.6 is 0 Å². The van der Waals surface area contributed by atoms with Crippen LogP contribution in [0.25, 0.3) is 11.0 Å². The van der Waals surface area contributed by atoms with Gasteiger partial charge in [0.25, 0.3) is 5.91 Å². The molecule has 0 fully saturated rings. The van der Waals surface area contributed by atoms with Gasteiger partial charge in [-0.2, -0.15) is 0 Å². The summed E-state index contributed by atoms with van der Waals surface area (Å²) in [6, 6.07) is 7.96. The van der Waals surface area contributed by atoms with E-state index in [2.05, 4.69) is 19.2 Å². The zero-order valence-corrected chi connectivity index (χ0v) is 13.8. The molecule has 23 heavy (non-hydrogen) atoms. The van der Waals surface area contributed by atoms with Crippen LogP contribution in [0.3, 0.4) is 0 Å². The highest BCUT2D eigenvalue weighted by Gasteiger charge is 2.22. The second-order valence-corrected chi connectivity index (χ2v) is 6.58. The van der Waals surface area contributed by atoms with E-state index in [1.165, 1.54) is 6.07 Å². The minimum Gasteiger partial charge on any atom is -0.451 e. The molecule has 1 heterocycles. The first-order chi connectivity index (χ1) is 10.8. The zero-order chi connectivity index (χ0) is 17.0. The van der Waals surface area contributed by atoms with E-state index in [-0.39, 0.29) is 17.7 Å². The van der Waals surface area contributed by atoms with Gasteiger partial charge in [-0.05, 0) is 37.8 Å². The third-order valence-electron chi connectivity index (χ3n) is 3.75. The van der Waals surface area contributed by atoms with Crippen molar-refractivity contribution in [3.63, 3.8) is 0 Å². The van der Waals surface area contributed by atoms with Crippen molar-refractivity contribution in [3.05, 3.63) is 46.3 Å². The van der Waals surface area contributed by atoms with E-state index < -0.39 is 11.5 Å². The number of fused-ring (bicyclic) bond motifs is 1. The lowest BCUT2D eigenvalue weighted by atomic mass is 9.95. The highest BCUT2D eigenvalue weighted by molar-refractivity contribution is 5.93. The Morgan fingerprint density at radius 3 is 2.74 bits per heavy atom. The molecule has 0 saturated heterocycles. The SMILES string of the molecule is CC(C)CCC(C)(O)CNC(=O)c1cc(=O)c2ccccc2o1. The quantitative estimate of drug-likeness (QED) is 0.858. The monoisotopic (exact) mass is 317 g/mol. The van der Waals surface area contributed by atoms with Gasteiger partial charge >= 0.3 is 0 Å². The molecule has 5 heteroatoms. The number of rotatable bonds is 6. The van der Waals surface area contributed by atoms with Gasteiger partial charge in [0.1, 0.15) is 5.58 Å². The number of benzene rings is 1. The van der Waals surface area contributed by atoms with Gasteiger partial charge in [-0.15, -0.1) is 0 Å². The molecule has 0 spiro atoms. The normalized spacial score (nSPS) is 14.0. The Bertz CT molecular complexity index is 746. The highest BCUT2D eigenvalue weighted by atomic mass is 16.3. The van der Waals surface area contributed by atoms with Crippen LogP contribution in [0.5, 0.6) is 0 Å². The number of amides is 1. The summed E-state index contributed by atoms with van der Waals surface area (Å²) in [5.41, 5.74) is -0.878. The molecule has 0 aliphatic heterocycles. The topological polar surface area (TPSA) is 79.5 Å². The second kappa shape index (κ2) is 6.96. The number of hydrogen-bond donors (Lipinski definition) is 2. The molecule has 0 aliphatic carbocycles. The van der Waals surface area contributed by atoms with Gasteiger partial charge in [0.05, 0.1) is 11.0 Å². The van der Waals surface area contributed by atoms with Gasteiger partial charge in [-0.3, -0.25) is 9.59 Å². The van der Waals surface area contributed by atoms with E-state index in [0.717, 1.165) is 6.42 Å². The van der Waals surface area contributed by atoms with Crippen LogP contribution in [0.4, 0.5) is 0 Å². The Balaban J connectivity index is 2.08. The molecule has 1 aromatic carbocycles. The van der Waals surface area contributed by atoms with Crippen LogP contribution in [0.1, 0.15) is 44.2 Å². The Hall–Kier alpha value is -2.14. The molecule has 0 saturated carbocycles. The van der Waals surface area contributed by atoms with Crippen molar-refractivity contribution >= 4 is 16.9 Å². The Morgan fingerprint density at radius 2 is 2.04 bits per heavy atom. The Labute approximate surface area is 135 Å². The number of hydrogen-bond acceptors (Lipinski definition) is 4. The number of para-hydroxylation sites is 1. The maximum atomic E-state index is 12.2. The molecule has 1 aromatic heterocycles. The molecule has 124 valence electrons. The van der Waals surface area contributed by atoms with Gasteiger partial charge in [-0.25, -0.2) is 0 Å². The Morgan fingerprint density at radius 1 is 1.35 bits per heavy atom. The van der Waals surface area contributed by atoms with E-state index >= 15 is 0 Å². The van der Waals surface area contributed by atoms with Gasteiger partial charge in [0.15, 0.2) is 11.2 Å². The van der Waals surface area contributed by atoms with Crippen LogP contribution < -0.4 is 10.7 Å². The summed E-state index contributed by atoms with van der Waals surface area (Å²) < 4.78 is 5.47. The fourth-order valence-corrected chi connectivity index (χ4v) is 2.26. The predicted molar refractivity (Wildman–Crippen MR) is 89.5 cm³/mol. The van der Waals surface area contributed by atoms with Crippen molar-refractivity contribution < 1.29 is 14.3 Å². The average molecular weight is 317 g/mol. The zero-order valence-electron chi connectivity index (χ0n) is 13.8. The molecule has 0 radical (unpaired) electrons. The molecule has 2 N–H and O–H groups in total. The van der Waals surface area contributed by atoms with Gasteiger partial charge in [-0.1, -0.05) is 26.0 Å². The molecule has 0 aliphatic rings. The summed E-state index contributed by atoms with van der Waals surface area (Å²) in [5, 5.41) is 13.3. The van der Waals surface area contributed by atoms with Crippen LogP contribution in [0.15, 0.2) is 39.5 Å². The summed E-state index contributed by atoms with van der Waals surface area (Å²) in [4.78, 5) is 24.2. The van der Waals surface area contributed by atoms with Crippen LogP contribution in [0.2, 0.25) is 0 Å². The fourth-order valence-electron chi connectivity index (χ4n) is 2.26. The number of carbonyl (C=O) groups excluding carboxylic acids is 1. The molecule has 0 bridgehead atoms. The molecular formula is C18H23NO4. The highest BCUT2D eigenvalue weighted by Crippen LogP contribution is 2.16. The minimum atomic E-state index is -0.989. The molecule has 2 aromatic rings. The standard InChI is InChI=1S/C18H23NO4/c1-12(2)8-9-18(3,22)11-19-17(21)16-10-14(20)13-6-4-5-7-15(13)23-16/h4-7,10,12,22H,8-9,11H2,1-3H3,(H,19,21). The molecule has 1 unspecified atom stereocenters. The van der Waals surface area contributed by atoms with E-state index in [1.807, 2.05) is 0 Å². The first kappa shape index (κ1) is 17.2. The lowest BCUT2D eigenvalue weighted by molar-refractivity contribution is 0.0424. The number of carbonyl (C=O) groups is 1. The maximum Gasteiger partial charge on any atom is 0.287 e. The van der Waals surface area contributed by atoms with Crippen molar-refractivity contribution in [2.45, 2.75) is 39.2 Å². The van der Waals surface area contributed by atoms with Crippen molar-refractivity contribution in [1.82, 2.24) is 5.32 Å². The van der Waals surface area contributed by atoms with E-state index in [0.29, 0.717) is 23.3 Å². The number of aliphatic hydroxyl groups is 1. The summed E-state index contributed by atoms with van der Waals surface area (Å²) in [5.74, 6) is -0.0679. The van der Waals surface area contributed by atoms with E-state index in [1.54, 1.807) is 31.2 Å². The molecular weight excluding hydrogens is 294 g/mol. The Kier molecular flexibility index (Phi) is 5.21. The smallest absolute Gasteiger partial charge is 0.287 e. The predicted octanol–water partition coefficient (Wildman–Crippen LogP) is 2.71. The van der Waals surface area contributed by atoms with Crippen LogP contribution in [0, 0.1) is 5.92 Å². The van der Waals surface area contributed by atoms with E-state index in [9.17, 15) is 14.7 Å². The lowest BCUT2D eigenvalue weighted by Crippen LogP contribution is -2.41. The van der Waals surface area contributed by atoms with Crippen LogP contribution in [-0.4, -0.2) is 23.2 Å². The fraction of sp³-hybridized carbons (Fsp3) is 0.444. The molecule has 2 rings (SSSR count). The summed E-state index contributed by atoms with van der Waals surface area (Å²) in [7, 11) is 0. The first-order valence-electron chi connectivity index (χ1n) is 7.82. The molecule has 1 atom stereocenters. The van der Waals surface area contributed by atoms with Crippen molar-refractivity contribution in [3.8, 4) is 0 Å². The lowest BCUT2D eigenvalue weighted by Gasteiger charge is -2.24. The summed E-state index contributed by atoms with van der Waals surface area (Å²) in [6.45, 7) is 5.96. The second-order valence-electron chi connectivity index (χ2n) is 6.58. The average Bonchev–Trinajstić information content (AvgIpc) is 2.51. The maximum absolute atomic E-state index is 12.2. The molecule has 5 nitrogen and oxygen atoms in total. The van der Waals surface area contributed by atoms with Crippen LogP contribution in [-0.2, 0) is 0 Å². The first-order valence-corrected chi connectivity index (χ1v) is 7.82. The van der Waals surface area contributed by atoms with Gasteiger partial charge in [0.2, 0.25) is 0 Å². The van der Waals surface area contributed by atoms with Gasteiger partial charge in [0, 0.05) is 12.6 Å². The third-order valence-corrected chi connectivity index (χ3v) is 3.75. The minimum absolute atomic E-state index is 0.0478. The summed E-state index contributed by atoms with van der Waals surface area (Å²) >= 11 is 0. The largest absolute Gasteiger partial charge is 0.451 e. The van der Waals surface area contributed by atoms with E-state index in [4.69, 9.17) is 4.42 Å². The summed E-state index contributed by atoms with van der Waals surface area (Å²) in [6.07, 6.45) is 1.46. The van der Waals surface area contributed by atoms with Crippen molar-refractivity contribution in [2.24, 2.45) is 5.92 Å². The molecule has 1 amide bonds. The van der Waals surface area contributed by atoms with Crippen molar-refractivity contribution in [2.75, 3.05) is 6.54 Å².